The van der Waals surface area contributed by atoms with Crippen LogP contribution in [0, 0.1) is 13.8 Å². The molecule has 4 nitrogen and oxygen atoms in total. The van der Waals surface area contributed by atoms with Gasteiger partial charge in [-0.05, 0) is 67.9 Å². The minimum Gasteiger partial charge on any atom is -0.351 e. The summed E-state index contributed by atoms with van der Waals surface area (Å²) in [4.78, 5) is 13.1. The average Bonchev–Trinajstić information content (AvgIpc) is 2.59. The van der Waals surface area contributed by atoms with Crippen molar-refractivity contribution in [1.82, 2.24) is 10.6 Å². The van der Waals surface area contributed by atoms with Gasteiger partial charge in [0, 0.05) is 16.4 Å². The lowest BCUT2D eigenvalue weighted by Gasteiger charge is -2.30. The molecule has 1 heterocycles. The predicted molar refractivity (Wildman–Crippen MR) is 110 cm³/mol. The Labute approximate surface area is 163 Å². The molecule has 1 amide bonds. The van der Waals surface area contributed by atoms with Crippen LogP contribution in [0.1, 0.15) is 29.7 Å². The highest BCUT2D eigenvalue weighted by molar-refractivity contribution is 7.80. The summed E-state index contributed by atoms with van der Waals surface area (Å²) in [6.45, 7) is 5.87. The van der Waals surface area contributed by atoms with Gasteiger partial charge in [-0.15, -0.1) is 0 Å². The number of amides is 1. The third-order valence-corrected chi connectivity index (χ3v) is 5.04. The van der Waals surface area contributed by atoms with Gasteiger partial charge in [-0.3, -0.25) is 4.79 Å². The van der Waals surface area contributed by atoms with Crippen LogP contribution in [0.3, 0.4) is 0 Å². The molecule has 3 rings (SSSR count). The molecule has 1 aliphatic rings. The molecule has 0 saturated carbocycles. The first kappa shape index (κ1) is 18.4. The van der Waals surface area contributed by atoms with Gasteiger partial charge in [-0.2, -0.15) is 0 Å². The Morgan fingerprint density at radius 1 is 1.12 bits per heavy atom. The fraction of sp³-hybridized carbons (Fsp3) is 0.200. The summed E-state index contributed by atoms with van der Waals surface area (Å²) in [5.74, 6) is -0.168. The zero-order valence-electron chi connectivity index (χ0n) is 14.8. The van der Waals surface area contributed by atoms with E-state index in [1.54, 1.807) is 12.1 Å². The molecule has 3 N–H and O–H groups in total. The van der Waals surface area contributed by atoms with Crippen molar-refractivity contribution >= 4 is 40.5 Å². The number of hydrogen-bond donors (Lipinski definition) is 3. The van der Waals surface area contributed by atoms with Crippen molar-refractivity contribution in [2.24, 2.45) is 0 Å². The van der Waals surface area contributed by atoms with E-state index in [0.29, 0.717) is 15.7 Å². The maximum atomic E-state index is 13.1. The summed E-state index contributed by atoms with van der Waals surface area (Å²) in [7, 11) is 0. The number of carbonyl (C=O) groups is 1. The van der Waals surface area contributed by atoms with Crippen molar-refractivity contribution in [2.75, 3.05) is 5.32 Å². The minimum atomic E-state index is -0.342. The SMILES string of the molecule is CC1=C(C(=O)Nc2cccc(C)c2C)C(c2ccc(Cl)cc2)NC(=S)N1. The highest BCUT2D eigenvalue weighted by atomic mass is 35.5. The largest absolute Gasteiger partial charge is 0.351 e. The summed E-state index contributed by atoms with van der Waals surface area (Å²) in [5.41, 5.74) is 5.23. The number of benzene rings is 2. The topological polar surface area (TPSA) is 53.2 Å². The molecule has 134 valence electrons. The number of carbonyl (C=O) groups excluding carboxylic acids is 1. The second kappa shape index (κ2) is 7.48. The van der Waals surface area contributed by atoms with Crippen LogP contribution < -0.4 is 16.0 Å². The van der Waals surface area contributed by atoms with Crippen LogP contribution in [0.25, 0.3) is 0 Å². The smallest absolute Gasteiger partial charge is 0.255 e. The van der Waals surface area contributed by atoms with Crippen LogP contribution in [0.15, 0.2) is 53.7 Å². The molecule has 0 aromatic heterocycles. The molecule has 0 radical (unpaired) electrons. The van der Waals surface area contributed by atoms with Crippen LogP contribution in [0.4, 0.5) is 5.69 Å². The fourth-order valence-corrected chi connectivity index (χ4v) is 3.37. The quantitative estimate of drug-likeness (QED) is 0.686. The Hall–Kier alpha value is -2.37. The van der Waals surface area contributed by atoms with Gasteiger partial charge in [0.2, 0.25) is 0 Å². The molecule has 1 atom stereocenters. The first-order valence-electron chi connectivity index (χ1n) is 8.28. The summed E-state index contributed by atoms with van der Waals surface area (Å²) >= 11 is 11.3. The number of thiocarbonyl (C=S) groups is 1. The molecular weight excluding hydrogens is 366 g/mol. The molecular formula is C20H20ClN3OS. The van der Waals surface area contributed by atoms with Crippen LogP contribution >= 0.6 is 23.8 Å². The van der Waals surface area contributed by atoms with Crippen molar-refractivity contribution in [1.29, 1.82) is 0 Å². The Bertz CT molecular complexity index is 906. The van der Waals surface area contributed by atoms with E-state index < -0.39 is 0 Å². The second-order valence-electron chi connectivity index (χ2n) is 6.32. The number of hydrogen-bond acceptors (Lipinski definition) is 2. The standard InChI is InChI=1S/C20H20ClN3OS/c1-11-5-4-6-16(12(11)2)23-19(25)17-13(3)22-20(26)24-18(17)14-7-9-15(21)10-8-14/h4-10,18H,1-3H3,(H,23,25)(H2,22,24,26). The molecule has 1 aliphatic heterocycles. The number of rotatable bonds is 3. The first-order valence-corrected chi connectivity index (χ1v) is 9.06. The summed E-state index contributed by atoms with van der Waals surface area (Å²) in [6, 6.07) is 12.9. The van der Waals surface area contributed by atoms with Crippen molar-refractivity contribution in [3.05, 3.63) is 75.4 Å². The molecule has 26 heavy (non-hydrogen) atoms. The molecule has 0 fully saturated rings. The molecule has 0 saturated heterocycles. The molecule has 6 heteroatoms. The van der Waals surface area contributed by atoms with Gasteiger partial charge in [-0.1, -0.05) is 35.9 Å². The lowest BCUT2D eigenvalue weighted by Crippen LogP contribution is -2.45. The van der Waals surface area contributed by atoms with Crippen molar-refractivity contribution in [3.8, 4) is 0 Å². The lowest BCUT2D eigenvalue weighted by atomic mass is 9.94. The Balaban J connectivity index is 1.96. The van der Waals surface area contributed by atoms with E-state index in [1.165, 1.54) is 0 Å². The zero-order valence-corrected chi connectivity index (χ0v) is 16.4. The van der Waals surface area contributed by atoms with Crippen molar-refractivity contribution in [2.45, 2.75) is 26.8 Å². The summed E-state index contributed by atoms with van der Waals surface area (Å²) in [5, 5.41) is 10.4. The van der Waals surface area contributed by atoms with Gasteiger partial charge in [0.25, 0.3) is 5.91 Å². The molecule has 1 unspecified atom stereocenters. The number of halogens is 1. The van der Waals surface area contributed by atoms with E-state index >= 15 is 0 Å². The van der Waals surface area contributed by atoms with Crippen LogP contribution in [0.5, 0.6) is 0 Å². The van der Waals surface area contributed by atoms with Crippen LogP contribution in [-0.2, 0) is 4.79 Å². The van der Waals surface area contributed by atoms with Crippen LogP contribution in [0.2, 0.25) is 5.02 Å². The predicted octanol–water partition coefficient (Wildman–Crippen LogP) is 4.39. The van der Waals surface area contributed by atoms with E-state index in [2.05, 4.69) is 16.0 Å². The maximum Gasteiger partial charge on any atom is 0.255 e. The number of nitrogens with one attached hydrogen (secondary N) is 3. The van der Waals surface area contributed by atoms with Gasteiger partial charge in [0.15, 0.2) is 5.11 Å². The normalized spacial score (nSPS) is 16.8. The minimum absolute atomic E-state index is 0.168. The monoisotopic (exact) mass is 385 g/mol. The van der Waals surface area contributed by atoms with E-state index in [4.69, 9.17) is 23.8 Å². The highest BCUT2D eigenvalue weighted by Crippen LogP contribution is 2.29. The molecule has 2 aromatic rings. The number of anilines is 1. The van der Waals surface area contributed by atoms with Gasteiger partial charge in [0.1, 0.15) is 0 Å². The van der Waals surface area contributed by atoms with E-state index in [9.17, 15) is 4.79 Å². The third-order valence-electron chi connectivity index (χ3n) is 4.57. The first-order chi connectivity index (χ1) is 12.4. The van der Waals surface area contributed by atoms with Crippen molar-refractivity contribution in [3.63, 3.8) is 0 Å². The Morgan fingerprint density at radius 2 is 1.81 bits per heavy atom. The fourth-order valence-electron chi connectivity index (χ4n) is 2.98. The summed E-state index contributed by atoms with van der Waals surface area (Å²) in [6.07, 6.45) is 0. The second-order valence-corrected chi connectivity index (χ2v) is 7.17. The van der Waals surface area contributed by atoms with Gasteiger partial charge >= 0.3 is 0 Å². The molecule has 0 spiro atoms. The van der Waals surface area contributed by atoms with E-state index in [0.717, 1.165) is 28.1 Å². The molecule has 0 bridgehead atoms. The molecule has 0 aliphatic carbocycles. The average molecular weight is 386 g/mol. The molecule has 2 aromatic carbocycles. The third kappa shape index (κ3) is 3.74. The zero-order chi connectivity index (χ0) is 18.8. The van der Waals surface area contributed by atoms with E-state index in [1.807, 2.05) is 51.1 Å². The Morgan fingerprint density at radius 3 is 2.50 bits per heavy atom. The lowest BCUT2D eigenvalue weighted by molar-refractivity contribution is -0.113. The van der Waals surface area contributed by atoms with Gasteiger partial charge < -0.3 is 16.0 Å². The number of aryl methyl sites for hydroxylation is 1. The van der Waals surface area contributed by atoms with Crippen molar-refractivity contribution < 1.29 is 4.79 Å². The van der Waals surface area contributed by atoms with Gasteiger partial charge in [-0.25, -0.2) is 0 Å². The number of allylic oxidation sites excluding steroid dienone is 1. The highest BCUT2D eigenvalue weighted by Gasteiger charge is 2.30. The van der Waals surface area contributed by atoms with E-state index in [-0.39, 0.29) is 11.9 Å². The van der Waals surface area contributed by atoms with Crippen LogP contribution in [-0.4, -0.2) is 11.0 Å². The summed E-state index contributed by atoms with van der Waals surface area (Å²) < 4.78 is 0. The Kier molecular flexibility index (Phi) is 5.30. The maximum absolute atomic E-state index is 13.1. The van der Waals surface area contributed by atoms with Gasteiger partial charge in [0.05, 0.1) is 11.6 Å².